The Morgan fingerprint density at radius 1 is 1.33 bits per heavy atom. The lowest BCUT2D eigenvalue weighted by Gasteiger charge is -2.06. The first kappa shape index (κ1) is 12.6. The van der Waals surface area contributed by atoms with Crippen LogP contribution in [0.25, 0.3) is 11.4 Å². The SMILES string of the molecule is C[C@H](O)c1nc(-c2cccc(C(F)(F)F)c2)no1. The maximum atomic E-state index is 12.5. The molecule has 0 radical (unpaired) electrons. The number of nitrogens with zero attached hydrogens (tertiary/aromatic N) is 2. The van der Waals surface area contributed by atoms with Crippen molar-refractivity contribution in [3.63, 3.8) is 0 Å². The molecule has 0 fully saturated rings. The van der Waals surface area contributed by atoms with Crippen LogP contribution in [0.2, 0.25) is 0 Å². The second-order valence-electron chi connectivity index (χ2n) is 3.71. The van der Waals surface area contributed by atoms with Crippen molar-refractivity contribution in [2.45, 2.75) is 19.2 Å². The summed E-state index contributed by atoms with van der Waals surface area (Å²) in [4.78, 5) is 3.81. The molecule has 0 aliphatic carbocycles. The molecule has 2 rings (SSSR count). The Labute approximate surface area is 100 Å². The highest BCUT2D eigenvalue weighted by Crippen LogP contribution is 2.31. The highest BCUT2D eigenvalue weighted by atomic mass is 19.4. The number of rotatable bonds is 2. The van der Waals surface area contributed by atoms with Gasteiger partial charge in [-0.15, -0.1) is 0 Å². The number of alkyl halides is 3. The Balaban J connectivity index is 2.38. The van der Waals surface area contributed by atoms with Crippen LogP contribution in [0.5, 0.6) is 0 Å². The lowest BCUT2D eigenvalue weighted by molar-refractivity contribution is -0.137. The molecule has 0 spiro atoms. The Kier molecular flexibility index (Phi) is 3.08. The highest BCUT2D eigenvalue weighted by molar-refractivity contribution is 5.55. The van der Waals surface area contributed by atoms with E-state index >= 15 is 0 Å². The van der Waals surface area contributed by atoms with Gasteiger partial charge in [-0.25, -0.2) is 0 Å². The number of halogens is 3. The van der Waals surface area contributed by atoms with Crippen LogP contribution in [0, 0.1) is 0 Å². The van der Waals surface area contributed by atoms with E-state index in [-0.39, 0.29) is 17.3 Å². The predicted molar refractivity (Wildman–Crippen MR) is 55.4 cm³/mol. The molecule has 1 aromatic heterocycles. The molecule has 1 N–H and O–H groups in total. The quantitative estimate of drug-likeness (QED) is 0.899. The van der Waals surface area contributed by atoms with Crippen molar-refractivity contribution in [3.8, 4) is 11.4 Å². The summed E-state index contributed by atoms with van der Waals surface area (Å²) < 4.78 is 42.3. The maximum Gasteiger partial charge on any atom is 0.416 e. The Morgan fingerprint density at radius 3 is 2.61 bits per heavy atom. The number of benzene rings is 1. The van der Waals surface area contributed by atoms with E-state index in [1.54, 1.807) is 0 Å². The van der Waals surface area contributed by atoms with Crippen molar-refractivity contribution < 1.29 is 22.8 Å². The van der Waals surface area contributed by atoms with E-state index in [1.807, 2.05) is 0 Å². The van der Waals surface area contributed by atoms with E-state index in [4.69, 9.17) is 4.52 Å². The second-order valence-corrected chi connectivity index (χ2v) is 3.71. The Bertz CT molecular complexity index is 549. The first-order chi connectivity index (χ1) is 8.38. The summed E-state index contributed by atoms with van der Waals surface area (Å²) in [6.45, 7) is 1.42. The minimum atomic E-state index is -4.42. The van der Waals surface area contributed by atoms with E-state index in [0.29, 0.717) is 0 Å². The van der Waals surface area contributed by atoms with Crippen LogP contribution in [-0.4, -0.2) is 15.2 Å². The topological polar surface area (TPSA) is 59.2 Å². The van der Waals surface area contributed by atoms with Crippen LogP contribution in [-0.2, 0) is 6.18 Å². The third-order valence-corrected chi connectivity index (χ3v) is 2.25. The van der Waals surface area contributed by atoms with Crippen molar-refractivity contribution in [3.05, 3.63) is 35.7 Å². The first-order valence-corrected chi connectivity index (χ1v) is 5.07. The van der Waals surface area contributed by atoms with E-state index < -0.39 is 17.8 Å². The van der Waals surface area contributed by atoms with Gasteiger partial charge in [0.1, 0.15) is 6.10 Å². The molecule has 96 valence electrons. The van der Waals surface area contributed by atoms with E-state index in [0.717, 1.165) is 12.1 Å². The van der Waals surface area contributed by atoms with Gasteiger partial charge in [-0.2, -0.15) is 18.2 Å². The summed E-state index contributed by atoms with van der Waals surface area (Å²) in [5, 5.41) is 12.7. The molecule has 0 saturated heterocycles. The summed E-state index contributed by atoms with van der Waals surface area (Å²) in [7, 11) is 0. The molecular weight excluding hydrogens is 249 g/mol. The molecule has 1 aromatic carbocycles. The molecular formula is C11H9F3N2O2. The first-order valence-electron chi connectivity index (χ1n) is 5.07. The van der Waals surface area contributed by atoms with Crippen LogP contribution < -0.4 is 0 Å². The molecule has 18 heavy (non-hydrogen) atoms. The summed E-state index contributed by atoms with van der Waals surface area (Å²) in [5.41, 5.74) is -0.608. The van der Waals surface area contributed by atoms with Crippen LogP contribution >= 0.6 is 0 Å². The molecule has 4 nitrogen and oxygen atoms in total. The van der Waals surface area contributed by atoms with Crippen molar-refractivity contribution in [2.24, 2.45) is 0 Å². The van der Waals surface area contributed by atoms with Gasteiger partial charge in [0, 0.05) is 5.56 Å². The average molecular weight is 258 g/mol. The number of hydrogen-bond acceptors (Lipinski definition) is 4. The fraction of sp³-hybridized carbons (Fsp3) is 0.273. The molecule has 0 aliphatic heterocycles. The zero-order valence-electron chi connectivity index (χ0n) is 9.27. The van der Waals surface area contributed by atoms with Gasteiger partial charge in [0.05, 0.1) is 5.56 Å². The number of hydrogen-bond donors (Lipinski definition) is 1. The molecule has 0 aliphatic rings. The summed E-state index contributed by atoms with van der Waals surface area (Å²) in [5.74, 6) is -0.0283. The molecule has 1 atom stereocenters. The fourth-order valence-corrected chi connectivity index (χ4v) is 1.36. The lowest BCUT2D eigenvalue weighted by atomic mass is 10.1. The molecule has 0 bridgehead atoms. The molecule has 2 aromatic rings. The smallest absolute Gasteiger partial charge is 0.384 e. The van der Waals surface area contributed by atoms with Gasteiger partial charge in [-0.3, -0.25) is 0 Å². The summed E-state index contributed by atoms with van der Waals surface area (Å²) in [6, 6.07) is 4.58. The zero-order valence-corrected chi connectivity index (χ0v) is 9.27. The maximum absolute atomic E-state index is 12.5. The van der Waals surface area contributed by atoms with Gasteiger partial charge in [0.15, 0.2) is 0 Å². The lowest BCUT2D eigenvalue weighted by Crippen LogP contribution is -2.04. The van der Waals surface area contributed by atoms with Crippen molar-refractivity contribution in [1.82, 2.24) is 10.1 Å². The molecule has 7 heteroatoms. The molecule has 1 heterocycles. The van der Waals surface area contributed by atoms with Gasteiger partial charge >= 0.3 is 6.18 Å². The number of aliphatic hydroxyl groups excluding tert-OH is 1. The van der Waals surface area contributed by atoms with Crippen molar-refractivity contribution >= 4 is 0 Å². The highest BCUT2D eigenvalue weighted by Gasteiger charge is 2.30. The van der Waals surface area contributed by atoms with E-state index in [9.17, 15) is 18.3 Å². The number of aliphatic hydroxyl groups is 1. The average Bonchev–Trinajstić information content (AvgIpc) is 2.77. The standard InChI is InChI=1S/C11H9F3N2O2/c1-6(17)10-15-9(16-18-10)7-3-2-4-8(5-7)11(12,13)14/h2-6,17H,1H3/t6-/m0/s1. The van der Waals surface area contributed by atoms with Crippen LogP contribution in [0.15, 0.2) is 28.8 Å². The summed E-state index contributed by atoms with van der Waals surface area (Å²) >= 11 is 0. The van der Waals surface area contributed by atoms with E-state index in [2.05, 4.69) is 10.1 Å². The van der Waals surface area contributed by atoms with Gasteiger partial charge in [-0.05, 0) is 19.1 Å². The van der Waals surface area contributed by atoms with Crippen LogP contribution in [0.3, 0.4) is 0 Å². The van der Waals surface area contributed by atoms with Crippen molar-refractivity contribution in [2.75, 3.05) is 0 Å². The van der Waals surface area contributed by atoms with Crippen LogP contribution in [0.1, 0.15) is 24.5 Å². The van der Waals surface area contributed by atoms with Crippen LogP contribution in [0.4, 0.5) is 13.2 Å². The predicted octanol–water partition coefficient (Wildman–Crippen LogP) is 2.81. The largest absolute Gasteiger partial charge is 0.416 e. The Hall–Kier alpha value is -1.89. The fourth-order valence-electron chi connectivity index (χ4n) is 1.36. The van der Waals surface area contributed by atoms with Gasteiger partial charge in [0.2, 0.25) is 5.82 Å². The third kappa shape index (κ3) is 2.51. The number of aromatic nitrogens is 2. The molecule has 0 saturated carbocycles. The van der Waals surface area contributed by atoms with Gasteiger partial charge < -0.3 is 9.63 Å². The summed E-state index contributed by atoms with van der Waals surface area (Å²) in [6.07, 6.45) is -5.38. The molecule has 0 unspecified atom stereocenters. The normalized spacial score (nSPS) is 13.6. The minimum Gasteiger partial charge on any atom is -0.384 e. The van der Waals surface area contributed by atoms with E-state index in [1.165, 1.54) is 19.1 Å². The second kappa shape index (κ2) is 4.41. The zero-order chi connectivity index (χ0) is 13.3. The van der Waals surface area contributed by atoms with Crippen molar-refractivity contribution in [1.29, 1.82) is 0 Å². The monoisotopic (exact) mass is 258 g/mol. The van der Waals surface area contributed by atoms with Gasteiger partial charge in [0.25, 0.3) is 5.89 Å². The van der Waals surface area contributed by atoms with Gasteiger partial charge in [-0.1, -0.05) is 17.3 Å². The molecule has 0 amide bonds. The third-order valence-electron chi connectivity index (χ3n) is 2.25. The Morgan fingerprint density at radius 2 is 2.06 bits per heavy atom. The minimum absolute atomic E-state index is 0.0111.